The zero-order chi connectivity index (χ0) is 12.6. The lowest BCUT2D eigenvalue weighted by Crippen LogP contribution is -2.15. The van der Waals surface area contributed by atoms with Crippen molar-refractivity contribution in [2.24, 2.45) is 0 Å². The van der Waals surface area contributed by atoms with Crippen LogP contribution in [0, 0.1) is 6.92 Å². The van der Waals surface area contributed by atoms with Gasteiger partial charge < -0.3 is 10.8 Å². The highest BCUT2D eigenvalue weighted by Gasteiger charge is 2.19. The fourth-order valence-electron chi connectivity index (χ4n) is 1.57. The third kappa shape index (κ3) is 2.45. The van der Waals surface area contributed by atoms with Crippen LogP contribution >= 0.6 is 0 Å². The minimum absolute atomic E-state index is 0.471. The molecule has 0 spiro atoms. The van der Waals surface area contributed by atoms with E-state index in [4.69, 9.17) is 5.73 Å². The first-order valence-electron chi connectivity index (χ1n) is 5.37. The van der Waals surface area contributed by atoms with Gasteiger partial charge in [-0.2, -0.15) is 0 Å². The molecule has 0 atom stereocenters. The van der Waals surface area contributed by atoms with E-state index < -0.39 is 5.60 Å². The van der Waals surface area contributed by atoms with Gasteiger partial charge >= 0.3 is 0 Å². The van der Waals surface area contributed by atoms with Gasteiger partial charge in [-0.3, -0.25) is 4.57 Å². The first-order valence-corrected chi connectivity index (χ1v) is 5.37. The minimum Gasteiger partial charge on any atom is -0.384 e. The number of aliphatic hydroxyl groups is 1. The highest BCUT2D eigenvalue weighted by Crippen LogP contribution is 2.19. The van der Waals surface area contributed by atoms with Gasteiger partial charge in [-0.15, -0.1) is 0 Å². The first kappa shape index (κ1) is 11.6. The van der Waals surface area contributed by atoms with Crippen LogP contribution in [0.15, 0.2) is 24.7 Å². The van der Waals surface area contributed by atoms with Crippen molar-refractivity contribution in [1.82, 2.24) is 14.5 Å². The highest BCUT2D eigenvalue weighted by molar-refractivity contribution is 5.40. The van der Waals surface area contributed by atoms with Gasteiger partial charge in [0.05, 0.1) is 5.69 Å². The topological polar surface area (TPSA) is 77.0 Å². The summed E-state index contributed by atoms with van der Waals surface area (Å²) in [5.41, 5.74) is 6.37. The average Bonchev–Trinajstić information content (AvgIpc) is 2.63. The lowest BCUT2D eigenvalue weighted by molar-refractivity contribution is 0.0742. The fraction of sp³-hybridized carbons (Fsp3) is 0.333. The quantitative estimate of drug-likeness (QED) is 0.820. The molecule has 2 heterocycles. The number of nitrogen functional groups attached to an aromatic ring is 1. The smallest absolute Gasteiger partial charge is 0.140 e. The predicted molar refractivity (Wildman–Crippen MR) is 65.8 cm³/mol. The number of imidazole rings is 1. The Hall–Kier alpha value is -1.88. The van der Waals surface area contributed by atoms with Crippen LogP contribution in [0.25, 0.3) is 5.82 Å². The van der Waals surface area contributed by atoms with Crippen LogP contribution in [0.3, 0.4) is 0 Å². The van der Waals surface area contributed by atoms with Gasteiger partial charge in [-0.1, -0.05) is 0 Å². The molecule has 0 unspecified atom stereocenters. The molecule has 0 amide bonds. The van der Waals surface area contributed by atoms with Crippen molar-refractivity contribution in [2.45, 2.75) is 26.4 Å². The summed E-state index contributed by atoms with van der Waals surface area (Å²) in [4.78, 5) is 8.37. The zero-order valence-electron chi connectivity index (χ0n) is 10.2. The second kappa shape index (κ2) is 3.85. The lowest BCUT2D eigenvalue weighted by Gasteiger charge is -2.12. The lowest BCUT2D eigenvalue weighted by atomic mass is 10.1. The molecule has 0 aliphatic carbocycles. The molecule has 0 saturated heterocycles. The number of rotatable bonds is 2. The van der Waals surface area contributed by atoms with Crippen molar-refractivity contribution in [3.8, 4) is 5.82 Å². The van der Waals surface area contributed by atoms with Crippen molar-refractivity contribution >= 4 is 5.82 Å². The van der Waals surface area contributed by atoms with Gasteiger partial charge in [0.2, 0.25) is 0 Å². The third-order valence-corrected chi connectivity index (χ3v) is 2.45. The molecule has 0 saturated carbocycles. The SMILES string of the molecule is Cc1cc(N)nc(-n2cnc(C(C)(C)O)c2)c1. The van der Waals surface area contributed by atoms with Crippen LogP contribution in [0.4, 0.5) is 5.82 Å². The summed E-state index contributed by atoms with van der Waals surface area (Å²) in [5, 5.41) is 9.84. The summed E-state index contributed by atoms with van der Waals surface area (Å²) in [6.07, 6.45) is 3.37. The van der Waals surface area contributed by atoms with Gasteiger partial charge in [0, 0.05) is 6.20 Å². The Morgan fingerprint density at radius 2 is 2.06 bits per heavy atom. The van der Waals surface area contributed by atoms with Gasteiger partial charge in [0.25, 0.3) is 0 Å². The highest BCUT2D eigenvalue weighted by atomic mass is 16.3. The molecule has 0 bridgehead atoms. The van der Waals surface area contributed by atoms with E-state index in [2.05, 4.69) is 9.97 Å². The van der Waals surface area contributed by atoms with E-state index in [0.29, 0.717) is 17.3 Å². The number of pyridine rings is 1. The van der Waals surface area contributed by atoms with Gasteiger partial charge in [0.15, 0.2) is 0 Å². The minimum atomic E-state index is -0.958. The van der Waals surface area contributed by atoms with Crippen molar-refractivity contribution in [3.63, 3.8) is 0 Å². The molecule has 5 heteroatoms. The second-order valence-corrected chi connectivity index (χ2v) is 4.65. The summed E-state index contributed by atoms with van der Waals surface area (Å²) in [5.74, 6) is 1.17. The number of hydrogen-bond acceptors (Lipinski definition) is 4. The summed E-state index contributed by atoms with van der Waals surface area (Å²) < 4.78 is 1.75. The molecule has 2 aromatic rings. The monoisotopic (exact) mass is 232 g/mol. The van der Waals surface area contributed by atoms with Gasteiger partial charge in [0.1, 0.15) is 23.6 Å². The average molecular weight is 232 g/mol. The van der Waals surface area contributed by atoms with Crippen molar-refractivity contribution in [2.75, 3.05) is 5.73 Å². The van der Waals surface area contributed by atoms with E-state index in [-0.39, 0.29) is 0 Å². The molecular formula is C12H16N4O. The zero-order valence-corrected chi connectivity index (χ0v) is 10.2. The van der Waals surface area contributed by atoms with Crippen LogP contribution in [0.1, 0.15) is 25.1 Å². The fourth-order valence-corrected chi connectivity index (χ4v) is 1.57. The van der Waals surface area contributed by atoms with E-state index in [1.807, 2.05) is 13.0 Å². The van der Waals surface area contributed by atoms with E-state index in [1.54, 1.807) is 37.0 Å². The molecule has 2 aromatic heterocycles. The molecular weight excluding hydrogens is 216 g/mol. The molecule has 3 N–H and O–H groups in total. The summed E-state index contributed by atoms with van der Waals surface area (Å²) in [7, 11) is 0. The Labute approximate surface area is 99.9 Å². The van der Waals surface area contributed by atoms with E-state index in [1.165, 1.54) is 0 Å². The number of nitrogens with zero attached hydrogens (tertiary/aromatic N) is 3. The third-order valence-electron chi connectivity index (χ3n) is 2.45. The number of aryl methyl sites for hydroxylation is 1. The molecule has 0 aromatic carbocycles. The number of anilines is 1. The first-order chi connectivity index (χ1) is 7.86. The van der Waals surface area contributed by atoms with E-state index in [0.717, 1.165) is 5.56 Å². The molecule has 0 aliphatic heterocycles. The van der Waals surface area contributed by atoms with Crippen LogP contribution < -0.4 is 5.73 Å². The molecule has 90 valence electrons. The Balaban J connectivity index is 2.44. The summed E-state index contributed by atoms with van der Waals surface area (Å²) >= 11 is 0. The van der Waals surface area contributed by atoms with Crippen LogP contribution in [0.2, 0.25) is 0 Å². The van der Waals surface area contributed by atoms with Crippen LogP contribution in [-0.4, -0.2) is 19.6 Å². The maximum absolute atomic E-state index is 9.84. The molecule has 0 aliphatic rings. The second-order valence-electron chi connectivity index (χ2n) is 4.65. The number of nitrogens with two attached hydrogens (primary N) is 1. The normalized spacial score (nSPS) is 11.8. The molecule has 2 rings (SSSR count). The Morgan fingerprint density at radius 3 is 2.59 bits per heavy atom. The molecule has 5 nitrogen and oxygen atoms in total. The van der Waals surface area contributed by atoms with Gasteiger partial charge in [-0.05, 0) is 38.5 Å². The molecule has 0 fully saturated rings. The largest absolute Gasteiger partial charge is 0.384 e. The summed E-state index contributed by atoms with van der Waals surface area (Å²) in [6.45, 7) is 5.34. The summed E-state index contributed by atoms with van der Waals surface area (Å²) in [6, 6.07) is 3.71. The van der Waals surface area contributed by atoms with Crippen LogP contribution in [-0.2, 0) is 5.60 Å². The Kier molecular flexibility index (Phi) is 2.63. The maximum atomic E-state index is 9.84. The number of aromatic nitrogens is 3. The molecule has 17 heavy (non-hydrogen) atoms. The van der Waals surface area contributed by atoms with E-state index in [9.17, 15) is 5.11 Å². The maximum Gasteiger partial charge on any atom is 0.140 e. The predicted octanol–water partition coefficient (Wildman–Crippen LogP) is 1.39. The van der Waals surface area contributed by atoms with E-state index >= 15 is 0 Å². The van der Waals surface area contributed by atoms with Crippen molar-refractivity contribution < 1.29 is 5.11 Å². The van der Waals surface area contributed by atoms with Crippen molar-refractivity contribution in [1.29, 1.82) is 0 Å². The standard InChI is InChI=1S/C12H16N4O/c1-8-4-10(13)15-11(5-8)16-6-9(14-7-16)12(2,3)17/h4-7,17H,1-3H3,(H2,13,15). The Morgan fingerprint density at radius 1 is 1.35 bits per heavy atom. The number of hydrogen-bond donors (Lipinski definition) is 2. The Bertz CT molecular complexity index is 519. The van der Waals surface area contributed by atoms with Gasteiger partial charge in [-0.25, -0.2) is 9.97 Å². The van der Waals surface area contributed by atoms with Crippen LogP contribution in [0.5, 0.6) is 0 Å². The molecule has 0 radical (unpaired) electrons. The van der Waals surface area contributed by atoms with Crippen molar-refractivity contribution in [3.05, 3.63) is 35.9 Å².